The lowest BCUT2D eigenvalue weighted by Gasteiger charge is -2.26. The number of aromatic nitrogens is 2. The molecule has 7 heteroatoms. The highest BCUT2D eigenvalue weighted by Crippen LogP contribution is 2.33. The number of carbonyl (C=O) groups is 1. The lowest BCUT2D eigenvalue weighted by Crippen LogP contribution is -2.41. The highest BCUT2D eigenvalue weighted by molar-refractivity contribution is 7.91. The Balaban J connectivity index is 1.82. The van der Waals surface area contributed by atoms with Crippen LogP contribution in [0.5, 0.6) is 0 Å². The summed E-state index contributed by atoms with van der Waals surface area (Å²) in [5.74, 6) is 0.574. The third-order valence-corrected chi connectivity index (χ3v) is 6.93. The first-order chi connectivity index (χ1) is 10.9. The number of hydrogen-bond donors (Lipinski definition) is 0. The van der Waals surface area contributed by atoms with Crippen molar-refractivity contribution < 1.29 is 13.2 Å². The summed E-state index contributed by atoms with van der Waals surface area (Å²) in [6, 6.07) is 1.62. The summed E-state index contributed by atoms with van der Waals surface area (Å²) >= 11 is 0. The van der Waals surface area contributed by atoms with Crippen LogP contribution in [0.15, 0.2) is 6.07 Å². The highest BCUT2D eigenvalue weighted by Gasteiger charge is 2.31. The normalized spacial score (nSPS) is 25.5. The minimum atomic E-state index is -3.05. The van der Waals surface area contributed by atoms with Crippen molar-refractivity contribution in [3.63, 3.8) is 0 Å². The van der Waals surface area contributed by atoms with E-state index in [0.29, 0.717) is 24.6 Å². The van der Waals surface area contributed by atoms with Crippen LogP contribution in [0.1, 0.15) is 61.1 Å². The minimum Gasteiger partial charge on any atom is -0.334 e. The number of aryl methyl sites for hydroxylation is 1. The van der Waals surface area contributed by atoms with Crippen LogP contribution in [0.3, 0.4) is 0 Å². The molecule has 1 saturated carbocycles. The van der Waals surface area contributed by atoms with E-state index in [2.05, 4.69) is 5.10 Å². The van der Waals surface area contributed by atoms with Crippen LogP contribution in [0.4, 0.5) is 0 Å². The average Bonchev–Trinajstić information content (AvgIpc) is 3.08. The van der Waals surface area contributed by atoms with Crippen LogP contribution in [-0.4, -0.2) is 53.1 Å². The van der Waals surface area contributed by atoms with E-state index in [0.717, 1.165) is 18.5 Å². The zero-order valence-electron chi connectivity index (χ0n) is 13.9. The van der Waals surface area contributed by atoms with Gasteiger partial charge in [0.1, 0.15) is 5.69 Å². The molecule has 1 aromatic rings. The fourth-order valence-electron chi connectivity index (χ4n) is 3.78. The molecule has 128 valence electrons. The maximum Gasteiger partial charge on any atom is 0.272 e. The quantitative estimate of drug-likeness (QED) is 0.822. The molecule has 23 heavy (non-hydrogen) atoms. The van der Waals surface area contributed by atoms with Gasteiger partial charge in [0.25, 0.3) is 5.91 Å². The van der Waals surface area contributed by atoms with E-state index in [4.69, 9.17) is 0 Å². The van der Waals surface area contributed by atoms with Gasteiger partial charge < -0.3 is 4.90 Å². The second kappa shape index (κ2) is 6.26. The van der Waals surface area contributed by atoms with Gasteiger partial charge in [0.15, 0.2) is 9.84 Å². The average molecular weight is 339 g/mol. The molecule has 2 fully saturated rings. The first-order valence-corrected chi connectivity index (χ1v) is 10.2. The summed E-state index contributed by atoms with van der Waals surface area (Å²) in [4.78, 5) is 14.6. The Morgan fingerprint density at radius 1 is 1.26 bits per heavy atom. The molecule has 3 rings (SSSR count). The molecule has 1 atom stereocenters. The second-order valence-corrected chi connectivity index (χ2v) is 9.10. The van der Waals surface area contributed by atoms with Gasteiger partial charge in [-0.25, -0.2) is 8.42 Å². The Kier molecular flexibility index (Phi) is 4.49. The topological polar surface area (TPSA) is 72.3 Å². The molecule has 1 aliphatic carbocycles. The predicted octanol–water partition coefficient (Wildman–Crippen LogP) is 1.73. The summed E-state index contributed by atoms with van der Waals surface area (Å²) in [7, 11) is -1.25. The molecule has 1 amide bonds. The molecule has 0 radical (unpaired) electrons. The maximum absolute atomic E-state index is 12.9. The van der Waals surface area contributed by atoms with Crippen LogP contribution in [0.25, 0.3) is 0 Å². The zero-order chi connectivity index (χ0) is 16.6. The van der Waals surface area contributed by atoms with Crippen LogP contribution in [0.2, 0.25) is 0 Å². The van der Waals surface area contributed by atoms with Gasteiger partial charge in [-0.15, -0.1) is 0 Å². The van der Waals surface area contributed by atoms with E-state index in [1.165, 1.54) is 12.8 Å². The van der Waals surface area contributed by atoms with Gasteiger partial charge in [-0.1, -0.05) is 12.8 Å². The molecule has 0 bridgehead atoms. The largest absolute Gasteiger partial charge is 0.334 e. The Hall–Kier alpha value is -1.37. The number of amides is 1. The molecule has 0 N–H and O–H groups in total. The van der Waals surface area contributed by atoms with Gasteiger partial charge in [-0.2, -0.15) is 5.10 Å². The lowest BCUT2D eigenvalue weighted by atomic mass is 10.0. The van der Waals surface area contributed by atoms with Crippen molar-refractivity contribution >= 4 is 15.7 Å². The Morgan fingerprint density at radius 3 is 2.65 bits per heavy atom. The molecular formula is C16H25N3O3S. The Bertz CT molecular complexity index is 689. The summed E-state index contributed by atoms with van der Waals surface area (Å²) in [6.45, 7) is 2.30. The van der Waals surface area contributed by atoms with Crippen LogP contribution in [0, 0.1) is 0 Å². The smallest absolute Gasteiger partial charge is 0.272 e. The van der Waals surface area contributed by atoms with E-state index in [1.807, 2.05) is 13.0 Å². The molecule has 1 saturated heterocycles. The van der Waals surface area contributed by atoms with E-state index < -0.39 is 9.84 Å². The summed E-state index contributed by atoms with van der Waals surface area (Å²) < 4.78 is 25.4. The maximum atomic E-state index is 12.9. The molecule has 2 aliphatic rings. The van der Waals surface area contributed by atoms with Gasteiger partial charge in [-0.05, 0) is 32.3 Å². The van der Waals surface area contributed by atoms with Crippen LogP contribution < -0.4 is 0 Å². The zero-order valence-corrected chi connectivity index (χ0v) is 14.7. The van der Waals surface area contributed by atoms with Crippen molar-refractivity contribution in [1.29, 1.82) is 0 Å². The van der Waals surface area contributed by atoms with Crippen molar-refractivity contribution in [2.45, 2.75) is 51.0 Å². The monoisotopic (exact) mass is 339 g/mol. The Labute approximate surface area is 137 Å². The Morgan fingerprint density at radius 2 is 1.96 bits per heavy atom. The molecule has 6 nitrogen and oxygen atoms in total. The van der Waals surface area contributed by atoms with Gasteiger partial charge in [-0.3, -0.25) is 9.48 Å². The number of carbonyl (C=O) groups excluding carboxylic acids is 1. The van der Waals surface area contributed by atoms with Crippen molar-refractivity contribution in [3.8, 4) is 0 Å². The first kappa shape index (κ1) is 16.5. The highest BCUT2D eigenvalue weighted by atomic mass is 32.2. The molecule has 1 unspecified atom stereocenters. The number of hydrogen-bond acceptors (Lipinski definition) is 4. The molecule has 1 aliphatic heterocycles. The van der Waals surface area contributed by atoms with Crippen LogP contribution in [-0.2, 0) is 16.9 Å². The van der Waals surface area contributed by atoms with Crippen molar-refractivity contribution in [2.75, 3.05) is 18.1 Å². The molecule has 1 aromatic heterocycles. The molecular weight excluding hydrogens is 314 g/mol. The van der Waals surface area contributed by atoms with Crippen molar-refractivity contribution in [1.82, 2.24) is 14.7 Å². The summed E-state index contributed by atoms with van der Waals surface area (Å²) in [5, 5.41) is 4.54. The van der Waals surface area contributed by atoms with E-state index in [9.17, 15) is 13.2 Å². The molecule has 0 spiro atoms. The fraction of sp³-hybridized carbons (Fsp3) is 0.750. The van der Waals surface area contributed by atoms with Gasteiger partial charge >= 0.3 is 0 Å². The second-order valence-electron chi connectivity index (χ2n) is 6.87. The number of nitrogens with zero attached hydrogens (tertiary/aromatic N) is 3. The minimum absolute atomic E-state index is 0.0477. The summed E-state index contributed by atoms with van der Waals surface area (Å²) in [5.41, 5.74) is 1.57. The first-order valence-electron chi connectivity index (χ1n) is 8.43. The van der Waals surface area contributed by atoms with Gasteiger partial charge in [0.2, 0.25) is 0 Å². The number of sulfone groups is 1. The standard InChI is InChI=1S/C16H25N3O3S/c1-12-11-23(21,22)9-5-8-19(12)16(20)15-10-14(17-18(15)2)13-6-3-4-7-13/h10,12-13H,3-9,11H2,1-2H3. The number of rotatable bonds is 2. The molecule has 2 heterocycles. The van der Waals surface area contributed by atoms with E-state index in [1.54, 1.807) is 16.6 Å². The summed E-state index contributed by atoms with van der Waals surface area (Å²) in [6.07, 6.45) is 5.24. The molecule has 0 aromatic carbocycles. The lowest BCUT2D eigenvalue weighted by molar-refractivity contribution is 0.0701. The van der Waals surface area contributed by atoms with E-state index >= 15 is 0 Å². The van der Waals surface area contributed by atoms with E-state index in [-0.39, 0.29) is 23.5 Å². The fourth-order valence-corrected chi connectivity index (χ4v) is 5.43. The predicted molar refractivity (Wildman–Crippen MR) is 88.2 cm³/mol. The van der Waals surface area contributed by atoms with Gasteiger partial charge in [0, 0.05) is 25.6 Å². The third-order valence-electron chi connectivity index (χ3n) is 5.03. The van der Waals surface area contributed by atoms with Crippen molar-refractivity contribution in [2.24, 2.45) is 7.05 Å². The SMILES string of the molecule is CC1CS(=O)(=O)CCCN1C(=O)c1cc(C2CCCC2)nn1C. The van der Waals surface area contributed by atoms with Crippen molar-refractivity contribution in [3.05, 3.63) is 17.5 Å². The van der Waals surface area contributed by atoms with Crippen LogP contribution >= 0.6 is 0 Å². The third kappa shape index (κ3) is 3.44. The van der Waals surface area contributed by atoms with Gasteiger partial charge in [0.05, 0.1) is 17.2 Å².